The third-order valence-corrected chi connectivity index (χ3v) is 4.13. The van der Waals surface area contributed by atoms with Crippen molar-refractivity contribution >= 4 is 41.6 Å². The van der Waals surface area contributed by atoms with Crippen molar-refractivity contribution in [1.82, 2.24) is 5.32 Å². The number of carbonyl (C=O) groups is 1. The van der Waals surface area contributed by atoms with E-state index < -0.39 is 31.2 Å². The maximum absolute atomic E-state index is 14.1. The van der Waals surface area contributed by atoms with Crippen LogP contribution in [0.5, 0.6) is 0 Å². The summed E-state index contributed by atoms with van der Waals surface area (Å²) in [4.78, 5) is 11.1. The number of nitrogens with one attached hydrogen (secondary N) is 1. The van der Waals surface area contributed by atoms with Crippen molar-refractivity contribution in [3.05, 3.63) is 28.0 Å². The Morgan fingerprint density at radius 3 is 2.62 bits per heavy atom. The van der Waals surface area contributed by atoms with Gasteiger partial charge < -0.3 is 10.1 Å². The van der Waals surface area contributed by atoms with Crippen LogP contribution in [-0.2, 0) is 13.8 Å². The Kier molecular flexibility index (Phi) is 6.58. The average Bonchev–Trinajstić information content (AvgIpc) is 2.35. The lowest BCUT2D eigenvalue weighted by molar-refractivity contribution is 0.0745. The molecule has 0 aliphatic heterocycles. The highest BCUT2D eigenvalue weighted by Gasteiger charge is 2.23. The van der Waals surface area contributed by atoms with Crippen LogP contribution >= 0.6 is 26.6 Å². The fraction of sp³-hybridized carbons (Fsp3) is 0.417. The largest absolute Gasteiger partial charge is 0.377 e. The fourth-order valence-corrected chi connectivity index (χ4v) is 3.00. The summed E-state index contributed by atoms with van der Waals surface area (Å²) in [6.07, 6.45) is 0.0116. The smallest absolute Gasteiger partial charge is 0.264 e. The standard InChI is InChI=1S/C12H14BrClFNO4S/c1-7(2)20-4-3-16-12(17)9-5-8(13)6-10(11(9)15)21(14,18)19/h5-7H,3-4H2,1-2H3,(H,16,17). The molecule has 0 radical (unpaired) electrons. The van der Waals surface area contributed by atoms with Gasteiger partial charge in [0, 0.05) is 21.7 Å². The molecule has 0 fully saturated rings. The van der Waals surface area contributed by atoms with E-state index in [-0.39, 0.29) is 23.7 Å². The zero-order valence-electron chi connectivity index (χ0n) is 11.3. The first-order valence-corrected chi connectivity index (χ1v) is 9.06. The summed E-state index contributed by atoms with van der Waals surface area (Å²) in [7, 11) is 0.848. The third-order valence-electron chi connectivity index (χ3n) is 2.35. The average molecular weight is 403 g/mol. The van der Waals surface area contributed by atoms with Crippen molar-refractivity contribution in [2.24, 2.45) is 0 Å². The second-order valence-electron chi connectivity index (χ2n) is 4.38. The number of hydrogen-bond acceptors (Lipinski definition) is 4. The van der Waals surface area contributed by atoms with E-state index in [1.54, 1.807) is 0 Å². The zero-order chi connectivity index (χ0) is 16.2. The Balaban J connectivity index is 2.93. The topological polar surface area (TPSA) is 72.5 Å². The molecule has 0 saturated heterocycles. The Morgan fingerprint density at radius 1 is 1.48 bits per heavy atom. The van der Waals surface area contributed by atoms with Gasteiger partial charge in [-0.05, 0) is 26.0 Å². The van der Waals surface area contributed by atoms with Gasteiger partial charge in [0.1, 0.15) is 4.90 Å². The number of amides is 1. The van der Waals surface area contributed by atoms with Crippen molar-refractivity contribution in [2.45, 2.75) is 24.8 Å². The number of rotatable bonds is 6. The van der Waals surface area contributed by atoms with E-state index >= 15 is 0 Å². The predicted molar refractivity (Wildman–Crippen MR) is 80.6 cm³/mol. The number of benzene rings is 1. The fourth-order valence-electron chi connectivity index (χ4n) is 1.46. The van der Waals surface area contributed by atoms with Crippen molar-refractivity contribution in [3.63, 3.8) is 0 Å². The van der Waals surface area contributed by atoms with Crippen molar-refractivity contribution < 1.29 is 22.3 Å². The number of halogens is 3. The van der Waals surface area contributed by atoms with E-state index in [0.29, 0.717) is 0 Å². The maximum atomic E-state index is 14.1. The molecule has 9 heteroatoms. The molecule has 1 N–H and O–H groups in total. The molecule has 0 aliphatic carbocycles. The molecule has 1 aromatic rings. The van der Waals surface area contributed by atoms with E-state index in [1.807, 2.05) is 13.8 Å². The SMILES string of the molecule is CC(C)OCCNC(=O)c1cc(Br)cc(S(=O)(=O)Cl)c1F. The van der Waals surface area contributed by atoms with Crippen LogP contribution in [0.2, 0.25) is 0 Å². The summed E-state index contributed by atoms with van der Waals surface area (Å²) < 4.78 is 42.1. The van der Waals surface area contributed by atoms with Crippen LogP contribution in [-0.4, -0.2) is 33.6 Å². The second kappa shape index (κ2) is 7.53. The lowest BCUT2D eigenvalue weighted by Crippen LogP contribution is -2.29. The van der Waals surface area contributed by atoms with Gasteiger partial charge in [-0.2, -0.15) is 0 Å². The molecular weight excluding hydrogens is 389 g/mol. The molecule has 0 aliphatic rings. The van der Waals surface area contributed by atoms with Crippen molar-refractivity contribution in [2.75, 3.05) is 13.2 Å². The third kappa shape index (κ3) is 5.54. The highest BCUT2D eigenvalue weighted by molar-refractivity contribution is 9.10. The lowest BCUT2D eigenvalue weighted by Gasteiger charge is -2.10. The van der Waals surface area contributed by atoms with E-state index in [4.69, 9.17) is 15.4 Å². The highest BCUT2D eigenvalue weighted by Crippen LogP contribution is 2.26. The normalized spacial score (nSPS) is 11.7. The molecular formula is C12H14BrClFNO4S. The summed E-state index contributed by atoms with van der Waals surface area (Å²) in [5.74, 6) is -1.93. The van der Waals surface area contributed by atoms with Gasteiger partial charge in [-0.1, -0.05) is 15.9 Å². The lowest BCUT2D eigenvalue weighted by atomic mass is 10.2. The zero-order valence-corrected chi connectivity index (χ0v) is 14.5. The minimum atomic E-state index is -4.29. The molecule has 0 bridgehead atoms. The Morgan fingerprint density at radius 2 is 2.10 bits per heavy atom. The van der Waals surface area contributed by atoms with Crippen molar-refractivity contribution in [1.29, 1.82) is 0 Å². The maximum Gasteiger partial charge on any atom is 0.264 e. The number of ether oxygens (including phenoxy) is 1. The Labute approximate surface area is 135 Å². The molecule has 1 rings (SSSR count). The summed E-state index contributed by atoms with van der Waals surface area (Å²) in [5.41, 5.74) is -0.409. The van der Waals surface area contributed by atoms with E-state index in [2.05, 4.69) is 21.2 Å². The first kappa shape index (κ1) is 18.3. The number of carbonyl (C=O) groups excluding carboxylic acids is 1. The van der Waals surface area contributed by atoms with Gasteiger partial charge in [-0.15, -0.1) is 0 Å². The van der Waals surface area contributed by atoms with Crippen LogP contribution in [0.3, 0.4) is 0 Å². The molecule has 5 nitrogen and oxygen atoms in total. The molecule has 0 aromatic heterocycles. The molecule has 1 aromatic carbocycles. The van der Waals surface area contributed by atoms with Gasteiger partial charge in [-0.25, -0.2) is 12.8 Å². The molecule has 0 saturated carbocycles. The summed E-state index contributed by atoms with van der Waals surface area (Å²) in [5, 5.41) is 2.44. The minimum absolute atomic E-state index is 0.0116. The highest BCUT2D eigenvalue weighted by atomic mass is 79.9. The first-order chi connectivity index (χ1) is 9.62. The van der Waals surface area contributed by atoms with Crippen LogP contribution in [0.1, 0.15) is 24.2 Å². The van der Waals surface area contributed by atoms with Crippen LogP contribution in [0.25, 0.3) is 0 Å². The van der Waals surface area contributed by atoms with Gasteiger partial charge in [0.25, 0.3) is 15.0 Å². The van der Waals surface area contributed by atoms with Crippen molar-refractivity contribution in [3.8, 4) is 0 Å². The summed E-state index contributed by atoms with van der Waals surface area (Å²) >= 11 is 3.01. The van der Waals surface area contributed by atoms with E-state index in [9.17, 15) is 17.6 Å². The molecule has 0 atom stereocenters. The molecule has 0 spiro atoms. The van der Waals surface area contributed by atoms with Gasteiger partial charge in [0.05, 0.1) is 18.3 Å². The summed E-state index contributed by atoms with van der Waals surface area (Å²) in [6, 6.07) is 2.18. The Hall–Kier alpha value is -0.700. The number of hydrogen-bond donors (Lipinski definition) is 1. The molecule has 1 amide bonds. The molecule has 0 heterocycles. The Bertz CT molecular complexity index is 636. The second-order valence-corrected chi connectivity index (χ2v) is 7.83. The molecule has 21 heavy (non-hydrogen) atoms. The van der Waals surface area contributed by atoms with Crippen LogP contribution in [0, 0.1) is 5.82 Å². The minimum Gasteiger partial charge on any atom is -0.377 e. The van der Waals surface area contributed by atoms with E-state index in [0.717, 1.165) is 6.07 Å². The molecule has 118 valence electrons. The first-order valence-electron chi connectivity index (χ1n) is 5.96. The quantitative estimate of drug-likeness (QED) is 0.586. The predicted octanol–water partition coefficient (Wildman–Crippen LogP) is 2.67. The van der Waals surface area contributed by atoms with Gasteiger partial charge in [0.2, 0.25) is 0 Å². The summed E-state index contributed by atoms with van der Waals surface area (Å²) in [6.45, 7) is 4.12. The van der Waals surface area contributed by atoms with Gasteiger partial charge in [0.15, 0.2) is 5.82 Å². The van der Waals surface area contributed by atoms with E-state index in [1.165, 1.54) is 6.07 Å². The van der Waals surface area contributed by atoms with Gasteiger partial charge in [-0.3, -0.25) is 4.79 Å². The monoisotopic (exact) mass is 401 g/mol. The van der Waals surface area contributed by atoms with Crippen LogP contribution in [0.15, 0.2) is 21.5 Å². The van der Waals surface area contributed by atoms with Gasteiger partial charge >= 0.3 is 0 Å². The van der Waals surface area contributed by atoms with Crippen LogP contribution in [0.4, 0.5) is 4.39 Å². The van der Waals surface area contributed by atoms with Crippen LogP contribution < -0.4 is 5.32 Å². The molecule has 0 unspecified atom stereocenters.